The molecule has 0 aromatic heterocycles. The SMILES string of the molecule is CC(=O)CCCc1ccc(N)c(S)c1. The number of aryl methyl sites for hydroxylation is 1. The topological polar surface area (TPSA) is 43.1 Å². The van der Waals surface area contributed by atoms with Gasteiger partial charge in [-0.15, -0.1) is 12.6 Å². The molecule has 0 unspecified atom stereocenters. The quantitative estimate of drug-likeness (QED) is 0.591. The van der Waals surface area contributed by atoms with Gasteiger partial charge in [0.2, 0.25) is 0 Å². The number of carbonyl (C=O) groups is 1. The molecule has 3 heteroatoms. The van der Waals surface area contributed by atoms with Crippen molar-refractivity contribution in [3.05, 3.63) is 23.8 Å². The van der Waals surface area contributed by atoms with E-state index < -0.39 is 0 Å². The number of carbonyl (C=O) groups excluding carboxylic acids is 1. The zero-order chi connectivity index (χ0) is 10.6. The van der Waals surface area contributed by atoms with Crippen molar-refractivity contribution in [3.8, 4) is 0 Å². The number of nitrogen functional groups attached to an aromatic ring is 1. The Hall–Kier alpha value is -0.960. The van der Waals surface area contributed by atoms with E-state index in [1.54, 1.807) is 6.92 Å². The number of anilines is 1. The lowest BCUT2D eigenvalue weighted by Gasteiger charge is -2.03. The average molecular weight is 209 g/mol. The zero-order valence-electron chi connectivity index (χ0n) is 8.29. The molecule has 0 spiro atoms. The number of Topliss-reactive ketones (excluding diaryl/α,β-unsaturated/α-hetero) is 1. The lowest BCUT2D eigenvalue weighted by molar-refractivity contribution is -0.117. The van der Waals surface area contributed by atoms with Crippen LogP contribution in [0.2, 0.25) is 0 Å². The molecular formula is C11H15NOS. The van der Waals surface area contributed by atoms with Crippen molar-refractivity contribution in [2.45, 2.75) is 31.1 Å². The van der Waals surface area contributed by atoms with Crippen LogP contribution >= 0.6 is 12.6 Å². The van der Waals surface area contributed by atoms with E-state index in [0.29, 0.717) is 12.1 Å². The van der Waals surface area contributed by atoms with Gasteiger partial charge in [0.25, 0.3) is 0 Å². The summed E-state index contributed by atoms with van der Waals surface area (Å²) in [6.07, 6.45) is 2.45. The Bertz CT molecular complexity index is 336. The third-order valence-electron chi connectivity index (χ3n) is 2.09. The van der Waals surface area contributed by atoms with Crippen LogP contribution in [-0.2, 0) is 11.2 Å². The summed E-state index contributed by atoms with van der Waals surface area (Å²) in [5, 5.41) is 0. The first-order chi connectivity index (χ1) is 6.59. The summed E-state index contributed by atoms with van der Waals surface area (Å²) in [5.74, 6) is 0.242. The lowest BCUT2D eigenvalue weighted by atomic mass is 10.1. The molecule has 0 atom stereocenters. The Morgan fingerprint density at radius 3 is 2.79 bits per heavy atom. The molecule has 0 fully saturated rings. The maximum absolute atomic E-state index is 10.7. The minimum absolute atomic E-state index is 0.242. The Morgan fingerprint density at radius 2 is 2.21 bits per heavy atom. The number of hydrogen-bond donors (Lipinski definition) is 2. The molecule has 14 heavy (non-hydrogen) atoms. The van der Waals surface area contributed by atoms with Crippen LogP contribution in [0.3, 0.4) is 0 Å². The van der Waals surface area contributed by atoms with Crippen molar-refractivity contribution in [1.82, 2.24) is 0 Å². The fraction of sp³-hybridized carbons (Fsp3) is 0.364. The van der Waals surface area contributed by atoms with Gasteiger partial charge >= 0.3 is 0 Å². The van der Waals surface area contributed by atoms with E-state index in [1.807, 2.05) is 18.2 Å². The van der Waals surface area contributed by atoms with Crippen molar-refractivity contribution in [2.75, 3.05) is 5.73 Å². The number of thiol groups is 1. The smallest absolute Gasteiger partial charge is 0.129 e. The van der Waals surface area contributed by atoms with Crippen LogP contribution in [0.25, 0.3) is 0 Å². The van der Waals surface area contributed by atoms with Gasteiger partial charge in [0, 0.05) is 17.0 Å². The van der Waals surface area contributed by atoms with Gasteiger partial charge in [-0.25, -0.2) is 0 Å². The first-order valence-electron chi connectivity index (χ1n) is 4.66. The van der Waals surface area contributed by atoms with Gasteiger partial charge < -0.3 is 10.5 Å². The maximum atomic E-state index is 10.7. The third kappa shape index (κ3) is 3.42. The molecule has 0 aliphatic carbocycles. The molecule has 76 valence electrons. The second-order valence-electron chi connectivity index (χ2n) is 3.45. The Morgan fingerprint density at radius 1 is 1.50 bits per heavy atom. The molecule has 1 aromatic rings. The van der Waals surface area contributed by atoms with E-state index in [1.165, 1.54) is 5.56 Å². The second-order valence-corrected chi connectivity index (χ2v) is 3.93. The standard InChI is InChI=1S/C11H15NOS/c1-8(13)3-2-4-9-5-6-10(12)11(14)7-9/h5-7,14H,2-4,12H2,1H3. The number of benzene rings is 1. The molecule has 0 saturated carbocycles. The van der Waals surface area contributed by atoms with Crippen molar-refractivity contribution in [1.29, 1.82) is 0 Å². The predicted octanol–water partition coefficient (Wildman–Crippen LogP) is 2.47. The van der Waals surface area contributed by atoms with Crippen LogP contribution in [0.15, 0.2) is 23.1 Å². The molecule has 2 N–H and O–H groups in total. The van der Waals surface area contributed by atoms with E-state index in [9.17, 15) is 4.79 Å². The molecule has 0 radical (unpaired) electrons. The monoisotopic (exact) mass is 209 g/mol. The highest BCUT2D eigenvalue weighted by molar-refractivity contribution is 7.80. The molecule has 1 aromatic carbocycles. The Labute approximate surface area is 89.9 Å². The van der Waals surface area contributed by atoms with Gasteiger partial charge in [-0.3, -0.25) is 0 Å². The van der Waals surface area contributed by atoms with Crippen LogP contribution in [0.4, 0.5) is 5.69 Å². The minimum Gasteiger partial charge on any atom is -0.398 e. The summed E-state index contributed by atoms with van der Waals surface area (Å²) in [6.45, 7) is 1.62. The highest BCUT2D eigenvalue weighted by atomic mass is 32.1. The zero-order valence-corrected chi connectivity index (χ0v) is 9.18. The average Bonchev–Trinajstić information content (AvgIpc) is 2.10. The summed E-state index contributed by atoms with van der Waals surface area (Å²) < 4.78 is 0. The Kier molecular flexibility index (Phi) is 4.01. The predicted molar refractivity (Wildman–Crippen MR) is 61.7 cm³/mol. The van der Waals surface area contributed by atoms with Gasteiger partial charge in [-0.2, -0.15) is 0 Å². The highest BCUT2D eigenvalue weighted by Crippen LogP contribution is 2.18. The van der Waals surface area contributed by atoms with Crippen LogP contribution in [-0.4, -0.2) is 5.78 Å². The van der Waals surface area contributed by atoms with Crippen LogP contribution in [0.1, 0.15) is 25.3 Å². The van der Waals surface area contributed by atoms with Gasteiger partial charge in [-0.05, 0) is 37.5 Å². The number of nitrogens with two attached hydrogens (primary N) is 1. The maximum Gasteiger partial charge on any atom is 0.129 e. The minimum atomic E-state index is 0.242. The van der Waals surface area contributed by atoms with E-state index in [0.717, 1.165) is 17.7 Å². The first-order valence-corrected chi connectivity index (χ1v) is 5.11. The van der Waals surface area contributed by atoms with Crippen molar-refractivity contribution >= 4 is 24.1 Å². The third-order valence-corrected chi connectivity index (χ3v) is 2.48. The van der Waals surface area contributed by atoms with E-state index in [-0.39, 0.29) is 5.78 Å². The van der Waals surface area contributed by atoms with Gasteiger partial charge in [-0.1, -0.05) is 6.07 Å². The number of rotatable bonds is 4. The summed E-state index contributed by atoms with van der Waals surface area (Å²) in [7, 11) is 0. The fourth-order valence-electron chi connectivity index (χ4n) is 1.29. The van der Waals surface area contributed by atoms with Gasteiger partial charge in [0.05, 0.1) is 0 Å². The summed E-state index contributed by atoms with van der Waals surface area (Å²) in [6, 6.07) is 5.79. The van der Waals surface area contributed by atoms with Gasteiger partial charge in [0.1, 0.15) is 5.78 Å². The molecule has 0 saturated heterocycles. The fourth-order valence-corrected chi connectivity index (χ4v) is 1.53. The van der Waals surface area contributed by atoms with Gasteiger partial charge in [0.15, 0.2) is 0 Å². The highest BCUT2D eigenvalue weighted by Gasteiger charge is 1.99. The summed E-state index contributed by atoms with van der Waals surface area (Å²) in [5.41, 5.74) is 7.52. The molecule has 2 nitrogen and oxygen atoms in total. The normalized spacial score (nSPS) is 10.1. The number of ketones is 1. The molecule has 0 heterocycles. The van der Waals surface area contributed by atoms with Crippen molar-refractivity contribution in [3.63, 3.8) is 0 Å². The molecule has 0 aliphatic heterocycles. The van der Waals surface area contributed by atoms with E-state index in [2.05, 4.69) is 12.6 Å². The Balaban J connectivity index is 2.51. The van der Waals surface area contributed by atoms with E-state index in [4.69, 9.17) is 5.73 Å². The van der Waals surface area contributed by atoms with E-state index >= 15 is 0 Å². The molecule has 0 bridgehead atoms. The first kappa shape index (κ1) is 11.1. The van der Waals surface area contributed by atoms with Crippen LogP contribution < -0.4 is 5.73 Å². The second kappa shape index (κ2) is 5.05. The molecule has 0 amide bonds. The molecule has 0 aliphatic rings. The number of hydrogen-bond acceptors (Lipinski definition) is 3. The van der Waals surface area contributed by atoms with Crippen molar-refractivity contribution < 1.29 is 4.79 Å². The summed E-state index contributed by atoms with van der Waals surface area (Å²) in [4.78, 5) is 11.5. The molecule has 1 rings (SSSR count). The largest absolute Gasteiger partial charge is 0.398 e. The van der Waals surface area contributed by atoms with Crippen LogP contribution in [0.5, 0.6) is 0 Å². The molecular weight excluding hydrogens is 194 g/mol. The van der Waals surface area contributed by atoms with Crippen LogP contribution in [0, 0.1) is 0 Å². The lowest BCUT2D eigenvalue weighted by Crippen LogP contribution is -1.94. The summed E-state index contributed by atoms with van der Waals surface area (Å²) >= 11 is 4.24. The van der Waals surface area contributed by atoms with Crippen molar-refractivity contribution in [2.24, 2.45) is 0 Å².